The van der Waals surface area contributed by atoms with Crippen LogP contribution in [0.3, 0.4) is 0 Å². The Kier molecular flexibility index (Phi) is 10.1. The second kappa shape index (κ2) is 11.8. The molecule has 1 aromatic rings. The zero-order chi connectivity index (χ0) is 18.7. The molecule has 0 radical (unpaired) electrons. The first-order valence-electron chi connectivity index (χ1n) is 8.03. The molecule has 0 bridgehead atoms. The van der Waals surface area contributed by atoms with Gasteiger partial charge in [-0.15, -0.1) is 6.58 Å². The molecule has 0 aliphatic heterocycles. The number of amides is 1. The molecule has 0 fully saturated rings. The molecule has 25 heavy (non-hydrogen) atoms. The predicted molar refractivity (Wildman–Crippen MR) is 98.4 cm³/mol. The molecular weight excluding hydrogens is 390 g/mol. The van der Waals surface area contributed by atoms with Crippen molar-refractivity contribution >= 4 is 27.8 Å². The van der Waals surface area contributed by atoms with Gasteiger partial charge in [0.25, 0.3) is 5.91 Å². The van der Waals surface area contributed by atoms with Crippen LogP contribution in [0.25, 0.3) is 0 Å². The highest BCUT2D eigenvalue weighted by atomic mass is 79.9. The van der Waals surface area contributed by atoms with E-state index in [1.54, 1.807) is 30.3 Å². The summed E-state index contributed by atoms with van der Waals surface area (Å²) < 4.78 is 11.4. The number of carboxylic acid groups (broad SMARTS) is 1. The lowest BCUT2D eigenvalue weighted by atomic mass is 9.96. The van der Waals surface area contributed by atoms with E-state index in [-0.39, 0.29) is 25.7 Å². The molecule has 1 amide bonds. The summed E-state index contributed by atoms with van der Waals surface area (Å²) in [5.74, 6) is -1.84. The summed E-state index contributed by atoms with van der Waals surface area (Å²) in [6.45, 7) is 6.22. The molecular formula is C18H24BrNO5. The number of hydrogen-bond donors (Lipinski definition) is 2. The Morgan fingerprint density at radius 2 is 2.00 bits per heavy atom. The summed E-state index contributed by atoms with van der Waals surface area (Å²) >= 11 is 3.32. The first kappa shape index (κ1) is 21.3. The van der Waals surface area contributed by atoms with Gasteiger partial charge in [-0.3, -0.25) is 9.59 Å². The van der Waals surface area contributed by atoms with Crippen molar-refractivity contribution in [2.75, 3.05) is 20.0 Å². The Bertz CT molecular complexity index is 561. The van der Waals surface area contributed by atoms with Crippen LogP contribution in [-0.4, -0.2) is 43.0 Å². The van der Waals surface area contributed by atoms with Crippen molar-refractivity contribution in [3.05, 3.63) is 47.0 Å². The van der Waals surface area contributed by atoms with E-state index in [0.717, 1.165) is 4.47 Å². The van der Waals surface area contributed by atoms with Gasteiger partial charge in [-0.05, 0) is 44.0 Å². The Morgan fingerprint density at radius 1 is 1.32 bits per heavy atom. The lowest BCUT2D eigenvalue weighted by Gasteiger charge is -2.22. The van der Waals surface area contributed by atoms with Gasteiger partial charge in [-0.1, -0.05) is 22.0 Å². The van der Waals surface area contributed by atoms with Crippen molar-refractivity contribution in [2.24, 2.45) is 5.92 Å². The molecule has 0 aliphatic rings. The fourth-order valence-electron chi connectivity index (χ4n) is 2.21. The zero-order valence-electron chi connectivity index (χ0n) is 14.2. The first-order chi connectivity index (χ1) is 12.0. The van der Waals surface area contributed by atoms with E-state index in [2.05, 4.69) is 27.8 Å². The van der Waals surface area contributed by atoms with Crippen LogP contribution in [-0.2, 0) is 14.3 Å². The third-order valence-corrected chi connectivity index (χ3v) is 4.03. The standard InChI is InChI=1S/C18H24BrNO5/c1-3-5-14(18(22)23)10-16(11-25-12-24-4-2)20-17(21)13-6-8-15(19)9-7-13/h3,6-9,14,16H,1,4-5,10-12H2,2H3,(H,20,21)(H,22,23). The fraction of sp³-hybridized carbons (Fsp3) is 0.444. The molecule has 2 N–H and O–H groups in total. The molecule has 0 aromatic heterocycles. The highest BCUT2D eigenvalue weighted by Crippen LogP contribution is 2.15. The summed E-state index contributed by atoms with van der Waals surface area (Å²) in [6, 6.07) is 6.48. The van der Waals surface area contributed by atoms with Gasteiger partial charge in [0.2, 0.25) is 0 Å². The number of ether oxygens (including phenoxy) is 2. The van der Waals surface area contributed by atoms with Crippen LogP contribution in [0, 0.1) is 5.92 Å². The van der Waals surface area contributed by atoms with Crippen LogP contribution < -0.4 is 5.32 Å². The van der Waals surface area contributed by atoms with Gasteiger partial charge in [0.05, 0.1) is 18.6 Å². The van der Waals surface area contributed by atoms with Crippen LogP contribution in [0.5, 0.6) is 0 Å². The number of halogens is 1. The molecule has 1 aromatic carbocycles. The number of hydrogen-bond acceptors (Lipinski definition) is 4. The van der Waals surface area contributed by atoms with E-state index < -0.39 is 17.9 Å². The second-order valence-corrected chi connectivity index (χ2v) is 6.37. The number of nitrogens with one attached hydrogen (secondary N) is 1. The third-order valence-electron chi connectivity index (χ3n) is 3.50. The minimum absolute atomic E-state index is 0.0976. The summed E-state index contributed by atoms with van der Waals surface area (Å²) in [6.07, 6.45) is 2.13. The normalized spacial score (nSPS) is 13.0. The number of carboxylic acids is 1. The molecule has 1 rings (SSSR count). The number of rotatable bonds is 12. The van der Waals surface area contributed by atoms with Gasteiger partial charge < -0.3 is 19.9 Å². The Morgan fingerprint density at radius 3 is 2.56 bits per heavy atom. The van der Waals surface area contributed by atoms with Crippen molar-refractivity contribution in [2.45, 2.75) is 25.8 Å². The lowest BCUT2D eigenvalue weighted by Crippen LogP contribution is -2.40. The molecule has 7 heteroatoms. The maximum Gasteiger partial charge on any atom is 0.306 e. The topological polar surface area (TPSA) is 84.9 Å². The van der Waals surface area contributed by atoms with Gasteiger partial charge >= 0.3 is 5.97 Å². The van der Waals surface area contributed by atoms with E-state index in [4.69, 9.17) is 9.47 Å². The highest BCUT2D eigenvalue weighted by molar-refractivity contribution is 9.10. The van der Waals surface area contributed by atoms with Crippen LogP contribution in [0.2, 0.25) is 0 Å². The zero-order valence-corrected chi connectivity index (χ0v) is 15.8. The van der Waals surface area contributed by atoms with Crippen molar-refractivity contribution in [3.8, 4) is 0 Å². The average molecular weight is 414 g/mol. The molecule has 6 nitrogen and oxygen atoms in total. The van der Waals surface area contributed by atoms with Gasteiger partial charge in [-0.2, -0.15) is 0 Å². The van der Waals surface area contributed by atoms with E-state index in [9.17, 15) is 14.7 Å². The van der Waals surface area contributed by atoms with Crippen LogP contribution in [0.15, 0.2) is 41.4 Å². The van der Waals surface area contributed by atoms with E-state index in [0.29, 0.717) is 18.6 Å². The van der Waals surface area contributed by atoms with E-state index in [1.165, 1.54) is 0 Å². The minimum Gasteiger partial charge on any atom is -0.481 e. The average Bonchev–Trinajstić information content (AvgIpc) is 2.58. The van der Waals surface area contributed by atoms with Crippen LogP contribution in [0.4, 0.5) is 0 Å². The van der Waals surface area contributed by atoms with Gasteiger partial charge in [0.15, 0.2) is 0 Å². The van der Waals surface area contributed by atoms with Crippen LogP contribution >= 0.6 is 15.9 Å². The maximum absolute atomic E-state index is 12.4. The third kappa shape index (κ3) is 8.29. The molecule has 2 atom stereocenters. The predicted octanol–water partition coefficient (Wildman–Crippen LogP) is 3.23. The smallest absolute Gasteiger partial charge is 0.306 e. The van der Waals surface area contributed by atoms with Crippen molar-refractivity contribution in [1.29, 1.82) is 0 Å². The SMILES string of the molecule is C=CCC(CC(COCOCC)NC(=O)c1ccc(Br)cc1)C(=O)O. The Labute approximate surface area is 156 Å². The summed E-state index contributed by atoms with van der Waals surface area (Å²) in [7, 11) is 0. The summed E-state index contributed by atoms with van der Waals surface area (Å²) in [5.41, 5.74) is 0.494. The maximum atomic E-state index is 12.4. The number of carbonyl (C=O) groups is 2. The monoisotopic (exact) mass is 413 g/mol. The molecule has 0 saturated carbocycles. The quantitative estimate of drug-likeness (QED) is 0.312. The Hall–Kier alpha value is -1.70. The second-order valence-electron chi connectivity index (χ2n) is 5.45. The molecule has 138 valence electrons. The fourth-order valence-corrected chi connectivity index (χ4v) is 2.48. The van der Waals surface area contributed by atoms with E-state index in [1.807, 2.05) is 6.92 Å². The minimum atomic E-state index is -0.924. The molecule has 0 heterocycles. The molecule has 0 aliphatic carbocycles. The molecule has 2 unspecified atom stereocenters. The van der Waals surface area contributed by atoms with Crippen molar-refractivity contribution < 1.29 is 24.2 Å². The number of carbonyl (C=O) groups excluding carboxylic acids is 1. The lowest BCUT2D eigenvalue weighted by molar-refractivity contribution is -0.142. The largest absolute Gasteiger partial charge is 0.481 e. The van der Waals surface area contributed by atoms with E-state index >= 15 is 0 Å². The van der Waals surface area contributed by atoms with Crippen molar-refractivity contribution in [3.63, 3.8) is 0 Å². The van der Waals surface area contributed by atoms with Gasteiger partial charge in [0.1, 0.15) is 6.79 Å². The van der Waals surface area contributed by atoms with Crippen LogP contribution in [0.1, 0.15) is 30.1 Å². The summed E-state index contributed by atoms with van der Waals surface area (Å²) in [4.78, 5) is 23.7. The number of allylic oxidation sites excluding steroid dienone is 1. The van der Waals surface area contributed by atoms with Gasteiger partial charge in [0, 0.05) is 16.6 Å². The van der Waals surface area contributed by atoms with Crippen molar-refractivity contribution in [1.82, 2.24) is 5.32 Å². The molecule has 0 saturated heterocycles. The molecule has 0 spiro atoms. The van der Waals surface area contributed by atoms with Gasteiger partial charge in [-0.25, -0.2) is 0 Å². The first-order valence-corrected chi connectivity index (χ1v) is 8.82. The summed E-state index contributed by atoms with van der Waals surface area (Å²) in [5, 5.41) is 12.2. The highest BCUT2D eigenvalue weighted by Gasteiger charge is 2.23. The number of benzene rings is 1. The number of aliphatic carboxylic acids is 1. The Balaban J connectivity index is 2.74.